The van der Waals surface area contributed by atoms with Crippen molar-refractivity contribution in [2.45, 2.75) is 39.3 Å². The molecule has 24 heavy (non-hydrogen) atoms. The summed E-state index contributed by atoms with van der Waals surface area (Å²) in [6.45, 7) is 7.03. The summed E-state index contributed by atoms with van der Waals surface area (Å²) < 4.78 is 0. The van der Waals surface area contributed by atoms with Gasteiger partial charge in [0.1, 0.15) is 8.07 Å². The lowest BCUT2D eigenvalue weighted by atomic mass is 10.1. The predicted molar refractivity (Wildman–Crippen MR) is 107 cm³/mol. The topological polar surface area (TPSA) is 20.2 Å². The van der Waals surface area contributed by atoms with Crippen molar-refractivity contribution in [3.8, 4) is 0 Å². The molecule has 2 heteroatoms. The fraction of sp³-hybridized carbons (Fsp3) is 0.318. The highest BCUT2D eigenvalue weighted by Gasteiger charge is 2.28. The molecule has 0 saturated heterocycles. The van der Waals surface area contributed by atoms with Crippen molar-refractivity contribution in [2.75, 3.05) is 6.61 Å². The van der Waals surface area contributed by atoms with Gasteiger partial charge in [0.15, 0.2) is 0 Å². The molecule has 0 bridgehead atoms. The molecule has 0 aromatic heterocycles. The summed E-state index contributed by atoms with van der Waals surface area (Å²) in [4.78, 5) is 0. The molecule has 1 nitrogen and oxygen atoms in total. The highest BCUT2D eigenvalue weighted by Crippen LogP contribution is 2.23. The highest BCUT2D eigenvalue weighted by atomic mass is 28.3. The van der Waals surface area contributed by atoms with Crippen molar-refractivity contribution in [2.24, 2.45) is 0 Å². The van der Waals surface area contributed by atoms with Gasteiger partial charge >= 0.3 is 0 Å². The second-order valence-corrected chi connectivity index (χ2v) is 11.1. The molecule has 0 heterocycles. The molecule has 0 amide bonds. The van der Waals surface area contributed by atoms with Crippen molar-refractivity contribution in [1.29, 1.82) is 0 Å². The third-order valence-electron chi connectivity index (χ3n) is 4.61. The summed E-state index contributed by atoms with van der Waals surface area (Å²) in [6, 6.07) is 20.9. The number of unbranched alkanes of at least 4 members (excludes halogenated alkanes) is 1. The second kappa shape index (κ2) is 8.84. The van der Waals surface area contributed by atoms with Crippen molar-refractivity contribution in [1.82, 2.24) is 0 Å². The van der Waals surface area contributed by atoms with E-state index in [9.17, 15) is 5.11 Å². The van der Waals surface area contributed by atoms with E-state index in [0.29, 0.717) is 0 Å². The lowest BCUT2D eigenvalue weighted by molar-refractivity contribution is 0.350. The van der Waals surface area contributed by atoms with Crippen molar-refractivity contribution in [3.63, 3.8) is 0 Å². The normalized spacial score (nSPS) is 11.0. The first-order valence-electron chi connectivity index (χ1n) is 8.80. The summed E-state index contributed by atoms with van der Waals surface area (Å²) in [5.41, 5.74) is 5.60. The predicted octanol–water partition coefficient (Wildman–Crippen LogP) is 4.93. The Morgan fingerprint density at radius 3 is 2.08 bits per heavy atom. The smallest absolute Gasteiger partial charge is 0.116 e. The zero-order valence-corrected chi connectivity index (χ0v) is 16.0. The third kappa shape index (κ3) is 4.58. The number of benzene rings is 2. The van der Waals surface area contributed by atoms with Crippen LogP contribution in [0.3, 0.4) is 0 Å². The van der Waals surface area contributed by atoms with Crippen LogP contribution in [-0.2, 0) is 0 Å². The first kappa shape index (κ1) is 18.5. The Bertz CT molecular complexity index is 695. The molecular formula is C22H28OSi. The number of rotatable bonds is 7. The lowest BCUT2D eigenvalue weighted by Crippen LogP contribution is -2.43. The molecular weight excluding hydrogens is 308 g/mol. The molecule has 126 valence electrons. The molecule has 0 spiro atoms. The molecule has 2 aromatic carbocycles. The fourth-order valence-corrected chi connectivity index (χ4v) is 5.58. The molecule has 0 saturated carbocycles. The minimum atomic E-state index is -1.78. The maximum Gasteiger partial charge on any atom is 0.116 e. The van der Waals surface area contributed by atoms with E-state index >= 15 is 0 Å². The number of hydrogen-bond donors (Lipinski definition) is 1. The van der Waals surface area contributed by atoms with Crippen LogP contribution in [0.4, 0.5) is 0 Å². The summed E-state index contributed by atoms with van der Waals surface area (Å²) in [7, 11) is -1.78. The van der Waals surface area contributed by atoms with Gasteiger partial charge in [-0.3, -0.25) is 0 Å². The highest BCUT2D eigenvalue weighted by molar-refractivity contribution is 6.95. The van der Waals surface area contributed by atoms with Crippen LogP contribution >= 0.6 is 0 Å². The van der Waals surface area contributed by atoms with Gasteiger partial charge in [-0.25, -0.2) is 0 Å². The van der Waals surface area contributed by atoms with Crippen LogP contribution in [0.15, 0.2) is 71.6 Å². The van der Waals surface area contributed by atoms with Gasteiger partial charge in [0, 0.05) is 5.57 Å². The molecule has 2 rings (SSSR count). The first-order valence-corrected chi connectivity index (χ1v) is 11.8. The number of hydrogen-bond acceptors (Lipinski definition) is 1. The van der Waals surface area contributed by atoms with E-state index in [4.69, 9.17) is 0 Å². The zero-order chi connectivity index (χ0) is 17.4. The van der Waals surface area contributed by atoms with Gasteiger partial charge in [-0.15, -0.1) is 5.73 Å². The van der Waals surface area contributed by atoms with Gasteiger partial charge in [0.25, 0.3) is 0 Å². The number of aliphatic hydroxyl groups excluding tert-OH is 1. The van der Waals surface area contributed by atoms with Crippen LogP contribution in [-0.4, -0.2) is 19.8 Å². The summed E-state index contributed by atoms with van der Waals surface area (Å²) >= 11 is 0. The maximum atomic E-state index is 9.89. The fourth-order valence-electron chi connectivity index (χ4n) is 2.94. The molecule has 0 atom stereocenters. The van der Waals surface area contributed by atoms with Gasteiger partial charge in [-0.1, -0.05) is 92.3 Å². The maximum absolute atomic E-state index is 9.89. The Morgan fingerprint density at radius 2 is 1.54 bits per heavy atom. The van der Waals surface area contributed by atoms with Crippen molar-refractivity contribution < 1.29 is 5.11 Å². The lowest BCUT2D eigenvalue weighted by Gasteiger charge is -2.25. The monoisotopic (exact) mass is 336 g/mol. The minimum Gasteiger partial charge on any atom is -0.391 e. The Kier molecular flexibility index (Phi) is 6.81. The quantitative estimate of drug-likeness (QED) is 0.561. The molecule has 0 unspecified atom stereocenters. The van der Waals surface area contributed by atoms with Crippen LogP contribution in [0.5, 0.6) is 0 Å². The van der Waals surface area contributed by atoms with Crippen LogP contribution in [0.1, 0.15) is 31.7 Å². The van der Waals surface area contributed by atoms with Crippen LogP contribution in [0.2, 0.25) is 13.1 Å². The summed E-state index contributed by atoms with van der Waals surface area (Å²) in [6.07, 6.45) is 3.39. The molecule has 0 aliphatic rings. The van der Waals surface area contributed by atoms with Gasteiger partial charge in [-0.2, -0.15) is 0 Å². The van der Waals surface area contributed by atoms with E-state index in [1.807, 2.05) is 30.3 Å². The van der Waals surface area contributed by atoms with E-state index in [1.54, 1.807) is 0 Å². The molecule has 1 N–H and O–H groups in total. The average molecular weight is 337 g/mol. The molecule has 0 fully saturated rings. The van der Waals surface area contributed by atoms with E-state index in [2.05, 4.69) is 56.1 Å². The Labute approximate surface area is 147 Å². The number of aliphatic hydroxyl groups is 1. The molecule has 0 aliphatic carbocycles. The van der Waals surface area contributed by atoms with Gasteiger partial charge in [0.2, 0.25) is 0 Å². The van der Waals surface area contributed by atoms with Gasteiger partial charge in [-0.05, 0) is 23.6 Å². The average Bonchev–Trinajstić information content (AvgIpc) is 2.63. The largest absolute Gasteiger partial charge is 0.391 e. The van der Waals surface area contributed by atoms with E-state index < -0.39 is 8.07 Å². The van der Waals surface area contributed by atoms with E-state index in [-0.39, 0.29) is 6.61 Å². The van der Waals surface area contributed by atoms with Gasteiger partial charge < -0.3 is 5.11 Å². The van der Waals surface area contributed by atoms with Gasteiger partial charge in [0.05, 0.1) is 6.61 Å². The van der Waals surface area contributed by atoms with E-state index in [0.717, 1.165) is 17.6 Å². The van der Waals surface area contributed by atoms with Crippen molar-refractivity contribution in [3.05, 3.63) is 77.2 Å². The third-order valence-corrected chi connectivity index (χ3v) is 8.27. The van der Waals surface area contributed by atoms with Crippen molar-refractivity contribution >= 4 is 18.8 Å². The summed E-state index contributed by atoms with van der Waals surface area (Å²) in [5, 5.41) is 12.7. The summed E-state index contributed by atoms with van der Waals surface area (Å²) in [5.74, 6) is 0. The molecule has 0 aliphatic heterocycles. The first-order chi connectivity index (χ1) is 11.6. The molecule has 2 aromatic rings. The standard InChI is InChI=1S/C22H28OSi/c1-4-5-14-22(24(2,3)21-15-10-7-11-16-21)17-20(18-23)19-12-8-6-9-13-19/h6-13,15-16,23H,4-5,14,18H2,1-3H3. The Balaban J connectivity index is 2.56. The van der Waals surface area contributed by atoms with Crippen LogP contribution in [0, 0.1) is 0 Å². The van der Waals surface area contributed by atoms with E-state index in [1.165, 1.54) is 23.2 Å². The second-order valence-electron chi connectivity index (χ2n) is 6.70. The Morgan fingerprint density at radius 1 is 0.958 bits per heavy atom. The molecule has 0 radical (unpaired) electrons. The SMILES string of the molecule is CCCCC(=C=C(CO)c1ccccc1)[Si](C)(C)c1ccccc1. The van der Waals surface area contributed by atoms with Crippen LogP contribution < -0.4 is 5.19 Å². The Hall–Kier alpha value is -1.86. The zero-order valence-electron chi connectivity index (χ0n) is 15.0. The van der Waals surface area contributed by atoms with Crippen LogP contribution in [0.25, 0.3) is 5.57 Å². The minimum absolute atomic E-state index is 0.0267.